The van der Waals surface area contributed by atoms with Gasteiger partial charge in [-0.1, -0.05) is 102 Å². The second kappa shape index (κ2) is 16.9. The number of halogens is 1. The Kier molecular flexibility index (Phi) is 12.8. The molecule has 1 saturated heterocycles. The van der Waals surface area contributed by atoms with Crippen LogP contribution in [0.5, 0.6) is 0 Å². The highest BCUT2D eigenvalue weighted by Crippen LogP contribution is 2.40. The van der Waals surface area contributed by atoms with Gasteiger partial charge in [0.1, 0.15) is 12.1 Å². The third kappa shape index (κ3) is 9.90. The van der Waals surface area contributed by atoms with E-state index in [1.54, 1.807) is 12.1 Å². The lowest BCUT2D eigenvalue weighted by Gasteiger charge is -2.36. The minimum atomic E-state index is -1.05. The summed E-state index contributed by atoms with van der Waals surface area (Å²) < 4.78 is 0. The number of oxime groups is 1. The number of amides is 4. The van der Waals surface area contributed by atoms with Gasteiger partial charge in [-0.05, 0) is 55.6 Å². The first kappa shape index (κ1) is 38.8. The topological polar surface area (TPSA) is 146 Å². The van der Waals surface area contributed by atoms with Gasteiger partial charge in [-0.3, -0.25) is 24.0 Å². The van der Waals surface area contributed by atoms with E-state index in [9.17, 15) is 24.0 Å². The fraction of sp³-hybridized carbons (Fsp3) is 0.692. The quantitative estimate of drug-likeness (QED) is 0.239. The molecule has 5 rings (SSSR count). The molecular weight excluding hydrogens is 670 g/mol. The van der Waals surface area contributed by atoms with Gasteiger partial charge in [0.2, 0.25) is 23.5 Å². The molecule has 4 aliphatic rings. The van der Waals surface area contributed by atoms with Crippen molar-refractivity contribution in [2.24, 2.45) is 16.5 Å². The summed E-state index contributed by atoms with van der Waals surface area (Å²) in [5, 5.41) is 13.7. The standard InChI is InChI=1S/C39H56ClN5O6/c1-5-13-29(33(47)36(49)41-28-18-10-7-11-19-28)42-35(48)31-23-39(22-30(44-51-39)26-16-12-17-27(40)21-26)24-45(31)37(50)34(38(2,3)4)43-32(46)20-25-14-8-6-9-15-25/h12,16-17,21,25,28-29,31,34H,5-11,13-15,18-20,22-24H2,1-4H3,(H,41,49)(H,42,48)(H,43,46)/t29-,31-,34+,39+/m0/s1. The number of carbonyl (C=O) groups excluding carboxylic acids is 5. The van der Waals surface area contributed by atoms with E-state index in [-0.39, 0.29) is 31.3 Å². The summed E-state index contributed by atoms with van der Waals surface area (Å²) in [6.07, 6.45) is 11.8. The number of ketones is 1. The predicted octanol–water partition coefficient (Wildman–Crippen LogP) is 5.61. The van der Waals surface area contributed by atoms with E-state index in [1.807, 2.05) is 39.8 Å². The van der Waals surface area contributed by atoms with Crippen molar-refractivity contribution >= 4 is 46.7 Å². The van der Waals surface area contributed by atoms with Gasteiger partial charge in [0.15, 0.2) is 5.60 Å². The van der Waals surface area contributed by atoms with Crippen LogP contribution in [0.1, 0.15) is 130 Å². The Morgan fingerprint density at radius 2 is 1.69 bits per heavy atom. The van der Waals surface area contributed by atoms with Crippen molar-refractivity contribution in [3.05, 3.63) is 34.9 Å². The van der Waals surface area contributed by atoms with Gasteiger partial charge >= 0.3 is 0 Å². The smallest absolute Gasteiger partial charge is 0.289 e. The number of Topliss-reactive ketones (excluding diaryl/α,β-unsaturated/α-hetero) is 1. The van der Waals surface area contributed by atoms with E-state index in [1.165, 1.54) is 11.3 Å². The maximum absolute atomic E-state index is 14.6. The molecule has 2 aliphatic heterocycles. The molecule has 2 saturated carbocycles. The number of carbonyl (C=O) groups is 5. The fourth-order valence-corrected chi connectivity index (χ4v) is 8.32. The highest BCUT2D eigenvalue weighted by molar-refractivity contribution is 6.38. The van der Waals surface area contributed by atoms with Gasteiger partial charge in [-0.15, -0.1) is 0 Å². The molecule has 51 heavy (non-hydrogen) atoms. The molecule has 280 valence electrons. The zero-order chi connectivity index (χ0) is 36.8. The maximum atomic E-state index is 14.6. The number of nitrogens with zero attached hydrogens (tertiary/aromatic N) is 2. The second-order valence-electron chi connectivity index (χ2n) is 16.3. The summed E-state index contributed by atoms with van der Waals surface area (Å²) in [7, 11) is 0. The summed E-state index contributed by atoms with van der Waals surface area (Å²) in [4.78, 5) is 76.4. The number of nitrogens with one attached hydrogen (secondary N) is 3. The lowest BCUT2D eigenvalue weighted by molar-refractivity contribution is -0.145. The zero-order valence-corrected chi connectivity index (χ0v) is 31.5. The maximum Gasteiger partial charge on any atom is 0.289 e. The van der Waals surface area contributed by atoms with E-state index >= 15 is 0 Å². The molecule has 2 heterocycles. The van der Waals surface area contributed by atoms with Crippen molar-refractivity contribution in [3.8, 4) is 0 Å². The summed E-state index contributed by atoms with van der Waals surface area (Å²) >= 11 is 6.27. The van der Waals surface area contributed by atoms with Crippen LogP contribution in [0, 0.1) is 11.3 Å². The Labute approximate surface area is 307 Å². The van der Waals surface area contributed by atoms with Gasteiger partial charge in [0.05, 0.1) is 18.3 Å². The molecule has 0 aromatic heterocycles. The van der Waals surface area contributed by atoms with Gasteiger partial charge in [0, 0.05) is 35.9 Å². The first-order chi connectivity index (χ1) is 24.3. The van der Waals surface area contributed by atoms with E-state index in [0.29, 0.717) is 35.9 Å². The molecular formula is C39H56ClN5O6. The lowest BCUT2D eigenvalue weighted by Crippen LogP contribution is -2.59. The van der Waals surface area contributed by atoms with Crippen LogP contribution < -0.4 is 16.0 Å². The highest BCUT2D eigenvalue weighted by atomic mass is 35.5. The van der Waals surface area contributed by atoms with Crippen LogP contribution in [0.4, 0.5) is 0 Å². The fourth-order valence-electron chi connectivity index (χ4n) is 8.13. The van der Waals surface area contributed by atoms with Gasteiger partial charge in [0.25, 0.3) is 5.91 Å². The molecule has 1 spiro atoms. The van der Waals surface area contributed by atoms with Crippen LogP contribution in [0.2, 0.25) is 5.02 Å². The van der Waals surface area contributed by atoms with Crippen LogP contribution in [-0.4, -0.2) is 76.3 Å². The molecule has 1 aromatic rings. The Morgan fingerprint density at radius 3 is 2.33 bits per heavy atom. The summed E-state index contributed by atoms with van der Waals surface area (Å²) in [6.45, 7) is 7.62. The van der Waals surface area contributed by atoms with Crippen molar-refractivity contribution < 1.29 is 28.8 Å². The molecule has 1 aromatic carbocycles. The monoisotopic (exact) mass is 725 g/mol. The van der Waals surface area contributed by atoms with Crippen LogP contribution in [-0.2, 0) is 28.8 Å². The Hall–Kier alpha value is -3.47. The van der Waals surface area contributed by atoms with Crippen molar-refractivity contribution in [3.63, 3.8) is 0 Å². The van der Waals surface area contributed by atoms with Crippen molar-refractivity contribution in [2.45, 2.75) is 154 Å². The largest absolute Gasteiger partial charge is 0.387 e. The van der Waals surface area contributed by atoms with Crippen molar-refractivity contribution in [1.82, 2.24) is 20.9 Å². The number of rotatable bonds is 12. The molecule has 0 bridgehead atoms. The average molecular weight is 726 g/mol. The third-order valence-corrected chi connectivity index (χ3v) is 11.2. The Bertz CT molecular complexity index is 1480. The highest BCUT2D eigenvalue weighted by Gasteiger charge is 2.55. The summed E-state index contributed by atoms with van der Waals surface area (Å²) in [5.41, 5.74) is -0.248. The molecule has 4 amide bonds. The lowest BCUT2D eigenvalue weighted by atomic mass is 9.84. The summed E-state index contributed by atoms with van der Waals surface area (Å²) in [5.74, 6) is -2.20. The normalized spacial score (nSPS) is 24.0. The average Bonchev–Trinajstić information content (AvgIpc) is 3.70. The number of benzene rings is 1. The molecule has 3 fully saturated rings. The molecule has 3 N–H and O–H groups in total. The zero-order valence-electron chi connectivity index (χ0n) is 30.7. The number of hydrogen-bond donors (Lipinski definition) is 3. The van der Waals surface area contributed by atoms with Gasteiger partial charge in [-0.2, -0.15) is 0 Å². The first-order valence-electron chi connectivity index (χ1n) is 19.0. The molecule has 2 aliphatic carbocycles. The number of hydrogen-bond acceptors (Lipinski definition) is 7. The van der Waals surface area contributed by atoms with Gasteiger partial charge in [-0.25, -0.2) is 0 Å². The minimum absolute atomic E-state index is 0.0492. The Balaban J connectivity index is 1.37. The minimum Gasteiger partial charge on any atom is -0.387 e. The van der Waals surface area contributed by atoms with E-state index < -0.39 is 52.6 Å². The van der Waals surface area contributed by atoms with E-state index in [2.05, 4.69) is 21.1 Å². The van der Waals surface area contributed by atoms with E-state index in [4.69, 9.17) is 16.4 Å². The predicted molar refractivity (Wildman–Crippen MR) is 196 cm³/mol. The first-order valence-corrected chi connectivity index (χ1v) is 19.4. The number of likely N-dealkylation sites (tertiary alicyclic amines) is 1. The molecule has 0 unspecified atom stereocenters. The van der Waals surface area contributed by atoms with Crippen LogP contribution >= 0.6 is 11.6 Å². The molecule has 4 atom stereocenters. The molecule has 11 nitrogen and oxygen atoms in total. The van der Waals surface area contributed by atoms with Crippen LogP contribution in [0.15, 0.2) is 29.4 Å². The van der Waals surface area contributed by atoms with Crippen LogP contribution in [0.3, 0.4) is 0 Å². The second-order valence-corrected chi connectivity index (χ2v) is 16.7. The molecule has 0 radical (unpaired) electrons. The van der Waals surface area contributed by atoms with Crippen LogP contribution in [0.25, 0.3) is 0 Å². The molecule has 12 heteroatoms. The summed E-state index contributed by atoms with van der Waals surface area (Å²) in [6, 6.07) is 4.23. The Morgan fingerprint density at radius 1 is 1.00 bits per heavy atom. The van der Waals surface area contributed by atoms with Gasteiger partial charge < -0.3 is 25.7 Å². The SMILES string of the molecule is CCC[C@H](NC(=O)[C@@H]1C[C@]2(CC(c3cccc(Cl)c3)=NO2)CN1C(=O)[C@@H](NC(=O)CC1CCCCC1)C(C)(C)C)C(=O)C(=O)NC1CCCCC1. The third-order valence-electron chi connectivity index (χ3n) is 11.0. The van der Waals surface area contributed by atoms with Crippen molar-refractivity contribution in [2.75, 3.05) is 6.54 Å². The van der Waals surface area contributed by atoms with Crippen molar-refractivity contribution in [1.29, 1.82) is 0 Å². The van der Waals surface area contributed by atoms with E-state index in [0.717, 1.165) is 63.4 Å².